The minimum absolute atomic E-state index is 0.00819. The van der Waals surface area contributed by atoms with Crippen LogP contribution >= 0.6 is 0 Å². The van der Waals surface area contributed by atoms with Gasteiger partial charge in [-0.2, -0.15) is 5.26 Å². The zero-order valence-corrected chi connectivity index (χ0v) is 18.8. The molecular weight excluding hydrogens is 468 g/mol. The molecule has 2 atom stereocenters. The van der Waals surface area contributed by atoms with Gasteiger partial charge in [-0.05, 0) is 43.2 Å². The van der Waals surface area contributed by atoms with E-state index in [0.717, 1.165) is 10.6 Å². The van der Waals surface area contributed by atoms with Gasteiger partial charge in [0.2, 0.25) is 0 Å². The van der Waals surface area contributed by atoms with Crippen molar-refractivity contribution in [3.63, 3.8) is 0 Å². The van der Waals surface area contributed by atoms with Gasteiger partial charge in [-0.15, -0.1) is 20.2 Å². The van der Waals surface area contributed by atoms with Gasteiger partial charge in [-0.3, -0.25) is 9.59 Å². The maximum absolute atomic E-state index is 13.2. The average Bonchev–Trinajstić information content (AvgIpc) is 2.77. The number of hydrogen-bond acceptors (Lipinski definition) is 11. The zero-order chi connectivity index (χ0) is 25.9. The summed E-state index contributed by atoms with van der Waals surface area (Å²) >= 11 is 0. The Morgan fingerprint density at radius 3 is 2.37 bits per heavy atom. The molecular formula is C21H20N4O10. The molecule has 0 N–H and O–H groups in total. The molecule has 1 aliphatic rings. The lowest BCUT2D eigenvalue weighted by Gasteiger charge is -2.44. The van der Waals surface area contributed by atoms with Gasteiger partial charge in [0.05, 0.1) is 11.6 Å². The SMILES string of the molecule is CC(=O)OC1C(n2cc(CO[N+](=O)[O-])c(CO[N+](=O)[O-])cc2=O)c2cc(C#N)ccc2OC1(C)C. The first kappa shape index (κ1) is 25.0. The first-order valence-electron chi connectivity index (χ1n) is 10.1. The van der Waals surface area contributed by atoms with E-state index in [-0.39, 0.29) is 16.7 Å². The van der Waals surface area contributed by atoms with Gasteiger partial charge < -0.3 is 23.7 Å². The Bertz CT molecular complexity index is 1280. The molecule has 14 heteroatoms. The summed E-state index contributed by atoms with van der Waals surface area (Å²) in [5.74, 6) is -0.323. The molecule has 0 saturated carbocycles. The Morgan fingerprint density at radius 2 is 1.80 bits per heavy atom. The predicted octanol–water partition coefficient (Wildman–Crippen LogP) is 1.83. The van der Waals surface area contributed by atoms with E-state index < -0.39 is 52.7 Å². The summed E-state index contributed by atoms with van der Waals surface area (Å²) in [5, 5.41) is 28.7. The minimum atomic E-state index is -1.14. The molecule has 0 bridgehead atoms. The Balaban J connectivity index is 2.25. The molecule has 35 heavy (non-hydrogen) atoms. The predicted molar refractivity (Wildman–Crippen MR) is 114 cm³/mol. The van der Waals surface area contributed by atoms with Crippen LogP contribution in [0.25, 0.3) is 0 Å². The van der Waals surface area contributed by atoms with Crippen molar-refractivity contribution in [2.75, 3.05) is 0 Å². The van der Waals surface area contributed by atoms with Crippen molar-refractivity contribution in [3.8, 4) is 11.8 Å². The maximum Gasteiger partial charge on any atom is 0.303 e. The minimum Gasteiger partial charge on any atom is -0.484 e. The van der Waals surface area contributed by atoms with Crippen LogP contribution in [-0.4, -0.2) is 32.4 Å². The van der Waals surface area contributed by atoms with Gasteiger partial charge in [-0.25, -0.2) is 0 Å². The Labute approximate surface area is 197 Å². The number of aromatic nitrogens is 1. The number of rotatable bonds is 8. The van der Waals surface area contributed by atoms with Gasteiger partial charge in [-0.1, -0.05) is 0 Å². The first-order valence-corrected chi connectivity index (χ1v) is 10.1. The van der Waals surface area contributed by atoms with Crippen LogP contribution in [0.15, 0.2) is 35.3 Å². The topological polar surface area (TPSA) is 186 Å². The summed E-state index contributed by atoms with van der Waals surface area (Å²) in [6, 6.07) is 6.55. The average molecular weight is 488 g/mol. The summed E-state index contributed by atoms with van der Waals surface area (Å²) in [4.78, 5) is 55.3. The van der Waals surface area contributed by atoms with Crippen LogP contribution < -0.4 is 10.3 Å². The molecule has 1 aromatic carbocycles. The van der Waals surface area contributed by atoms with Gasteiger partial charge in [0.25, 0.3) is 15.7 Å². The fourth-order valence-electron chi connectivity index (χ4n) is 3.86. The Morgan fingerprint density at radius 1 is 1.17 bits per heavy atom. The molecule has 0 aliphatic carbocycles. The van der Waals surface area contributed by atoms with Crippen LogP contribution in [0.2, 0.25) is 0 Å². The van der Waals surface area contributed by atoms with Crippen molar-refractivity contribution < 1.29 is 34.1 Å². The molecule has 2 unspecified atom stereocenters. The highest BCUT2D eigenvalue weighted by Gasteiger charge is 2.47. The molecule has 0 radical (unpaired) electrons. The monoisotopic (exact) mass is 488 g/mol. The lowest BCUT2D eigenvalue weighted by molar-refractivity contribution is -0.764. The number of nitrogens with zero attached hydrogens (tertiary/aromatic N) is 4. The number of nitriles is 1. The number of ether oxygens (including phenoxy) is 2. The zero-order valence-electron chi connectivity index (χ0n) is 18.8. The van der Waals surface area contributed by atoms with E-state index in [4.69, 9.17) is 9.47 Å². The van der Waals surface area contributed by atoms with E-state index >= 15 is 0 Å². The summed E-state index contributed by atoms with van der Waals surface area (Å²) in [6.07, 6.45) is 0.153. The van der Waals surface area contributed by atoms with Gasteiger partial charge >= 0.3 is 5.97 Å². The van der Waals surface area contributed by atoms with Crippen LogP contribution in [0.5, 0.6) is 5.75 Å². The summed E-state index contributed by atoms with van der Waals surface area (Å²) in [7, 11) is 0. The molecule has 0 saturated heterocycles. The van der Waals surface area contributed by atoms with Crippen molar-refractivity contribution >= 4 is 5.97 Å². The molecule has 2 aromatic rings. The second-order valence-electron chi connectivity index (χ2n) is 8.11. The summed E-state index contributed by atoms with van der Waals surface area (Å²) < 4.78 is 12.7. The van der Waals surface area contributed by atoms with Crippen LogP contribution in [0, 0.1) is 31.6 Å². The van der Waals surface area contributed by atoms with Crippen LogP contribution in [0.3, 0.4) is 0 Å². The molecule has 0 fully saturated rings. The van der Waals surface area contributed by atoms with Crippen molar-refractivity contribution in [2.24, 2.45) is 0 Å². The van der Waals surface area contributed by atoms with E-state index in [0.29, 0.717) is 11.3 Å². The van der Waals surface area contributed by atoms with Crippen LogP contribution in [0.4, 0.5) is 0 Å². The Kier molecular flexibility index (Phi) is 6.90. The van der Waals surface area contributed by atoms with E-state index in [1.54, 1.807) is 19.9 Å². The fourth-order valence-corrected chi connectivity index (χ4v) is 3.86. The molecule has 3 rings (SSSR count). The maximum atomic E-state index is 13.2. The van der Waals surface area contributed by atoms with E-state index in [9.17, 15) is 35.1 Å². The standard InChI is InChI=1S/C21H20N4O10/c1-12(26)34-20-19(16-6-13(8-22)4-5-17(16)35-21(20,2)3)23-9-15(11-33-25(30)31)14(7-18(23)27)10-32-24(28)29/h4-7,9,19-20H,10-11H2,1-3H3. The molecule has 0 spiro atoms. The molecule has 1 aromatic heterocycles. The second-order valence-corrected chi connectivity index (χ2v) is 8.11. The van der Waals surface area contributed by atoms with Gasteiger partial charge in [0, 0.05) is 24.8 Å². The molecule has 2 heterocycles. The second kappa shape index (κ2) is 9.67. The van der Waals surface area contributed by atoms with Crippen molar-refractivity contribution in [1.82, 2.24) is 4.57 Å². The third-order valence-electron chi connectivity index (χ3n) is 5.31. The van der Waals surface area contributed by atoms with E-state index in [1.807, 2.05) is 6.07 Å². The largest absolute Gasteiger partial charge is 0.484 e. The number of carbonyl (C=O) groups excluding carboxylic acids is 1. The summed E-state index contributed by atoms with van der Waals surface area (Å²) in [6.45, 7) is 3.19. The Hall–Kier alpha value is -4.67. The normalized spacial score (nSPS) is 17.8. The van der Waals surface area contributed by atoms with Crippen LogP contribution in [-0.2, 0) is 32.4 Å². The highest BCUT2D eigenvalue weighted by molar-refractivity contribution is 5.66. The summed E-state index contributed by atoms with van der Waals surface area (Å²) in [5.41, 5.74) is -1.17. The van der Waals surface area contributed by atoms with E-state index in [2.05, 4.69) is 9.68 Å². The fraction of sp³-hybridized carbons (Fsp3) is 0.381. The molecule has 1 aliphatic heterocycles. The van der Waals surface area contributed by atoms with E-state index in [1.165, 1.54) is 25.3 Å². The highest BCUT2D eigenvalue weighted by Crippen LogP contribution is 2.43. The number of benzene rings is 1. The molecule has 0 amide bonds. The molecule has 14 nitrogen and oxygen atoms in total. The molecule has 184 valence electrons. The smallest absolute Gasteiger partial charge is 0.303 e. The lowest BCUT2D eigenvalue weighted by atomic mass is 9.85. The third kappa shape index (κ3) is 5.46. The first-order chi connectivity index (χ1) is 16.4. The number of carbonyl (C=O) groups is 1. The van der Waals surface area contributed by atoms with Crippen LogP contribution in [0.1, 0.15) is 49.1 Å². The van der Waals surface area contributed by atoms with Crippen molar-refractivity contribution in [2.45, 2.75) is 51.7 Å². The number of esters is 1. The van der Waals surface area contributed by atoms with Crippen molar-refractivity contribution in [3.05, 3.63) is 83.3 Å². The lowest BCUT2D eigenvalue weighted by Crippen LogP contribution is -2.54. The number of pyridine rings is 1. The van der Waals surface area contributed by atoms with Crippen molar-refractivity contribution in [1.29, 1.82) is 5.26 Å². The number of hydrogen-bond donors (Lipinski definition) is 0. The van der Waals surface area contributed by atoms with Gasteiger partial charge in [0.15, 0.2) is 6.10 Å². The quantitative estimate of drug-likeness (QED) is 0.300. The number of fused-ring (bicyclic) bond motifs is 1. The third-order valence-corrected chi connectivity index (χ3v) is 5.31. The van der Waals surface area contributed by atoms with Gasteiger partial charge in [0.1, 0.15) is 30.6 Å². The highest BCUT2D eigenvalue weighted by atomic mass is 17.0.